The van der Waals surface area contributed by atoms with Crippen LogP contribution in [0.5, 0.6) is 0 Å². The molecule has 8 heteroatoms. The summed E-state index contributed by atoms with van der Waals surface area (Å²) in [6.45, 7) is 2.62. The minimum absolute atomic E-state index is 0.0737. The van der Waals surface area contributed by atoms with Crippen LogP contribution in [0.15, 0.2) is 54.2 Å². The molecule has 3 aromatic rings. The predicted molar refractivity (Wildman–Crippen MR) is 85.1 cm³/mol. The highest BCUT2D eigenvalue weighted by molar-refractivity contribution is 7.89. The van der Waals surface area contributed by atoms with E-state index in [1.54, 1.807) is 19.4 Å². The highest BCUT2D eigenvalue weighted by Crippen LogP contribution is 2.10. The van der Waals surface area contributed by atoms with Crippen molar-refractivity contribution in [2.75, 3.05) is 0 Å². The van der Waals surface area contributed by atoms with Crippen LogP contribution in [0.2, 0.25) is 0 Å². The lowest BCUT2D eigenvalue weighted by atomic mass is 10.1. The molecule has 0 unspecified atom stereocenters. The van der Waals surface area contributed by atoms with Crippen LogP contribution in [0.1, 0.15) is 17.0 Å². The van der Waals surface area contributed by atoms with Gasteiger partial charge in [-0.15, -0.1) is 0 Å². The number of rotatable bonds is 6. The summed E-state index contributed by atoms with van der Waals surface area (Å²) in [5.74, 6) is 0.563. The van der Waals surface area contributed by atoms with Gasteiger partial charge >= 0.3 is 0 Å². The van der Waals surface area contributed by atoms with Crippen molar-refractivity contribution in [1.82, 2.24) is 24.2 Å². The van der Waals surface area contributed by atoms with E-state index in [2.05, 4.69) is 19.7 Å². The third kappa shape index (κ3) is 3.85. The highest BCUT2D eigenvalue weighted by atomic mass is 32.2. The van der Waals surface area contributed by atoms with Crippen molar-refractivity contribution in [3.05, 3.63) is 66.1 Å². The highest BCUT2D eigenvalue weighted by Gasteiger charge is 2.16. The summed E-state index contributed by atoms with van der Waals surface area (Å²) in [4.78, 5) is 10.6. The van der Waals surface area contributed by atoms with E-state index >= 15 is 0 Å². The van der Waals surface area contributed by atoms with Gasteiger partial charge in [0.25, 0.3) is 10.0 Å². The van der Waals surface area contributed by atoms with Crippen molar-refractivity contribution in [2.45, 2.75) is 25.0 Å². The smallest absolute Gasteiger partial charge is 0.257 e. The average molecular weight is 331 g/mol. The quantitative estimate of drug-likeness (QED) is 0.715. The lowest BCUT2D eigenvalue weighted by Crippen LogP contribution is -2.23. The molecule has 0 aliphatic carbocycles. The average Bonchev–Trinajstić information content (AvgIpc) is 3.18. The number of nitrogens with one attached hydrogen (secondary N) is 2. The Labute approximate surface area is 134 Å². The SMILES string of the molecule is Cc1ncc(S(=O)(=O)NCc2cccc(Cn3ccnc3)c2)[nH]1. The van der Waals surface area contributed by atoms with E-state index in [0.717, 1.165) is 11.1 Å². The number of hydrogen-bond donors (Lipinski definition) is 2. The van der Waals surface area contributed by atoms with E-state index in [0.29, 0.717) is 12.4 Å². The Kier molecular flexibility index (Phi) is 4.26. The van der Waals surface area contributed by atoms with E-state index in [-0.39, 0.29) is 11.6 Å². The summed E-state index contributed by atoms with van der Waals surface area (Å²) >= 11 is 0. The van der Waals surface area contributed by atoms with Gasteiger partial charge < -0.3 is 9.55 Å². The zero-order valence-electron chi connectivity index (χ0n) is 12.6. The van der Waals surface area contributed by atoms with E-state index in [9.17, 15) is 8.42 Å². The maximum Gasteiger partial charge on any atom is 0.257 e. The number of aromatic nitrogens is 4. The Hall–Kier alpha value is -2.45. The van der Waals surface area contributed by atoms with Crippen molar-refractivity contribution in [2.24, 2.45) is 0 Å². The summed E-state index contributed by atoms with van der Waals surface area (Å²) in [6.07, 6.45) is 6.67. The molecule has 23 heavy (non-hydrogen) atoms. The molecule has 2 aromatic heterocycles. The van der Waals surface area contributed by atoms with Crippen LogP contribution in [0.4, 0.5) is 0 Å². The van der Waals surface area contributed by atoms with Crippen LogP contribution in [-0.2, 0) is 23.1 Å². The van der Waals surface area contributed by atoms with Crippen molar-refractivity contribution in [3.8, 4) is 0 Å². The Morgan fingerprint density at radius 3 is 2.83 bits per heavy atom. The Morgan fingerprint density at radius 1 is 1.30 bits per heavy atom. The van der Waals surface area contributed by atoms with E-state index in [4.69, 9.17) is 0 Å². The number of sulfonamides is 1. The second kappa shape index (κ2) is 6.35. The summed E-state index contributed by atoms with van der Waals surface area (Å²) in [6, 6.07) is 7.77. The van der Waals surface area contributed by atoms with Gasteiger partial charge in [0.2, 0.25) is 0 Å². The van der Waals surface area contributed by atoms with Gasteiger partial charge in [-0.1, -0.05) is 24.3 Å². The lowest BCUT2D eigenvalue weighted by molar-refractivity contribution is 0.578. The molecule has 0 aliphatic heterocycles. The topological polar surface area (TPSA) is 92.7 Å². The van der Waals surface area contributed by atoms with E-state index in [1.807, 2.05) is 35.0 Å². The molecular weight excluding hydrogens is 314 g/mol. The molecular formula is C15H17N5O2S. The van der Waals surface area contributed by atoms with Crippen LogP contribution in [0.25, 0.3) is 0 Å². The van der Waals surface area contributed by atoms with Gasteiger partial charge in [-0.05, 0) is 18.1 Å². The molecule has 0 spiro atoms. The Morgan fingerprint density at radius 2 is 2.13 bits per heavy atom. The second-order valence-corrected chi connectivity index (χ2v) is 6.95. The van der Waals surface area contributed by atoms with Crippen molar-refractivity contribution in [1.29, 1.82) is 0 Å². The number of benzene rings is 1. The molecule has 0 aliphatic rings. The fraction of sp³-hybridized carbons (Fsp3) is 0.200. The molecule has 7 nitrogen and oxygen atoms in total. The van der Waals surface area contributed by atoms with Crippen molar-refractivity contribution < 1.29 is 8.42 Å². The zero-order chi connectivity index (χ0) is 16.3. The molecule has 0 bridgehead atoms. The van der Waals surface area contributed by atoms with Gasteiger partial charge in [-0.2, -0.15) is 0 Å². The normalized spacial score (nSPS) is 11.7. The van der Waals surface area contributed by atoms with Crippen LogP contribution in [0, 0.1) is 6.92 Å². The largest absolute Gasteiger partial charge is 0.333 e. The molecule has 1 aromatic carbocycles. The van der Waals surface area contributed by atoms with Crippen molar-refractivity contribution in [3.63, 3.8) is 0 Å². The third-order valence-electron chi connectivity index (χ3n) is 3.35. The Balaban J connectivity index is 1.68. The molecule has 0 saturated carbocycles. The monoisotopic (exact) mass is 331 g/mol. The van der Waals surface area contributed by atoms with E-state index in [1.165, 1.54) is 6.20 Å². The first kappa shape index (κ1) is 15.4. The Bertz CT molecular complexity index is 884. The molecule has 0 radical (unpaired) electrons. The van der Waals surface area contributed by atoms with Gasteiger partial charge in [-0.3, -0.25) is 0 Å². The summed E-state index contributed by atoms with van der Waals surface area (Å²) in [5, 5.41) is 0.0737. The molecule has 0 saturated heterocycles. The first-order chi connectivity index (χ1) is 11.0. The number of aryl methyl sites for hydroxylation is 1. The van der Waals surface area contributed by atoms with E-state index < -0.39 is 10.0 Å². The van der Waals surface area contributed by atoms with Gasteiger partial charge in [0.15, 0.2) is 5.03 Å². The van der Waals surface area contributed by atoms with Crippen LogP contribution in [0.3, 0.4) is 0 Å². The molecule has 2 N–H and O–H groups in total. The number of aromatic amines is 1. The molecule has 0 amide bonds. The first-order valence-electron chi connectivity index (χ1n) is 7.08. The lowest BCUT2D eigenvalue weighted by Gasteiger charge is -2.08. The molecule has 3 rings (SSSR count). The van der Waals surface area contributed by atoms with Gasteiger partial charge in [-0.25, -0.2) is 23.1 Å². The minimum Gasteiger partial charge on any atom is -0.333 e. The number of imidazole rings is 2. The molecule has 2 heterocycles. The van der Waals surface area contributed by atoms with Crippen LogP contribution < -0.4 is 4.72 Å². The molecule has 0 atom stereocenters. The van der Waals surface area contributed by atoms with Crippen LogP contribution >= 0.6 is 0 Å². The minimum atomic E-state index is -3.58. The zero-order valence-corrected chi connectivity index (χ0v) is 13.4. The standard InChI is InChI=1S/C15H17N5O2S/c1-12-17-9-15(19-12)23(21,22)18-8-13-3-2-4-14(7-13)10-20-6-5-16-11-20/h2-7,9,11,18H,8,10H2,1H3,(H,17,19). The summed E-state index contributed by atoms with van der Waals surface area (Å²) in [5.41, 5.74) is 1.97. The number of hydrogen-bond acceptors (Lipinski definition) is 4. The first-order valence-corrected chi connectivity index (χ1v) is 8.56. The fourth-order valence-corrected chi connectivity index (χ4v) is 3.21. The maximum atomic E-state index is 12.2. The number of H-pyrrole nitrogens is 1. The molecule has 120 valence electrons. The summed E-state index contributed by atoms with van der Waals surface area (Å²) in [7, 11) is -3.58. The van der Waals surface area contributed by atoms with Gasteiger partial charge in [0.1, 0.15) is 5.82 Å². The predicted octanol–water partition coefficient (Wildman–Crippen LogP) is 1.44. The number of nitrogens with zero attached hydrogens (tertiary/aromatic N) is 3. The third-order valence-corrected chi connectivity index (χ3v) is 4.66. The molecule has 0 fully saturated rings. The van der Waals surface area contributed by atoms with Crippen molar-refractivity contribution >= 4 is 10.0 Å². The van der Waals surface area contributed by atoms with Gasteiger partial charge in [0.05, 0.1) is 12.5 Å². The maximum absolute atomic E-state index is 12.2. The van der Waals surface area contributed by atoms with Gasteiger partial charge in [0, 0.05) is 25.5 Å². The van der Waals surface area contributed by atoms with Crippen LogP contribution in [-0.4, -0.2) is 27.9 Å². The summed E-state index contributed by atoms with van der Waals surface area (Å²) < 4.78 is 28.9. The fourth-order valence-electron chi connectivity index (χ4n) is 2.22. The second-order valence-electron chi connectivity index (χ2n) is 5.21.